The first-order valence-electron chi connectivity index (χ1n) is 7.79. The zero-order valence-electron chi connectivity index (χ0n) is 14.1. The second-order valence-electron chi connectivity index (χ2n) is 5.92. The van der Waals surface area contributed by atoms with Crippen LogP contribution in [0.1, 0.15) is 25.5 Å². The van der Waals surface area contributed by atoms with Gasteiger partial charge >= 0.3 is 8.03 Å². The van der Waals surface area contributed by atoms with Crippen molar-refractivity contribution in [3.63, 3.8) is 0 Å². The van der Waals surface area contributed by atoms with Crippen molar-refractivity contribution >= 4 is 19.1 Å². The minimum absolute atomic E-state index is 0.0923. The molecule has 0 aromatic carbocycles. The molecule has 0 radical (unpaired) electrons. The summed E-state index contributed by atoms with van der Waals surface area (Å²) < 4.78 is 33.0. The fourth-order valence-corrected chi connectivity index (χ4v) is 3.36. The molecule has 2 aromatic rings. The van der Waals surface area contributed by atoms with Crippen molar-refractivity contribution in [2.75, 3.05) is 19.9 Å². The van der Waals surface area contributed by atoms with Crippen LogP contribution in [-0.4, -0.2) is 57.9 Å². The molecule has 1 aliphatic heterocycles. The highest BCUT2D eigenvalue weighted by molar-refractivity contribution is 7.39. The van der Waals surface area contributed by atoms with Gasteiger partial charge in [0.2, 0.25) is 5.58 Å². The summed E-state index contributed by atoms with van der Waals surface area (Å²) in [6, 6.07) is 0. The molecule has 5 unspecified atom stereocenters. The van der Waals surface area contributed by atoms with Gasteiger partial charge in [-0.25, -0.2) is 4.98 Å². The molecule has 3 rings (SSSR count). The van der Waals surface area contributed by atoms with E-state index in [9.17, 15) is 14.8 Å². The Morgan fingerprint density at radius 3 is 2.88 bits per heavy atom. The van der Waals surface area contributed by atoms with E-state index in [0.717, 1.165) is 0 Å². The largest absolute Gasteiger partial charge is 0.507 e. The van der Waals surface area contributed by atoms with E-state index in [1.807, 2.05) is 0 Å². The number of rotatable bonds is 6. The van der Waals surface area contributed by atoms with Gasteiger partial charge in [0.15, 0.2) is 6.16 Å². The lowest BCUT2D eigenvalue weighted by Gasteiger charge is -2.25. The number of ether oxygens (including phenoxy) is 2. The van der Waals surface area contributed by atoms with Gasteiger partial charge < -0.3 is 24.1 Å². The Morgan fingerprint density at radius 1 is 1.44 bits per heavy atom. The zero-order chi connectivity index (χ0) is 18.2. The third-order valence-electron chi connectivity index (χ3n) is 4.26. The highest BCUT2D eigenvalue weighted by Crippen LogP contribution is 2.45. The predicted molar refractivity (Wildman–Crippen MR) is 86.7 cm³/mol. The Morgan fingerprint density at radius 2 is 2.20 bits per heavy atom. The normalized spacial score (nSPS) is 30.0. The molecule has 1 saturated heterocycles. The maximum absolute atomic E-state index is 11.5. The SMILES string of the molecule is CC[P+](=O)OCC1OC(c2coc3c(OC)ncnc23)C(C)(O)C1O. The summed E-state index contributed by atoms with van der Waals surface area (Å²) >= 11 is 0. The van der Waals surface area contributed by atoms with Gasteiger partial charge in [-0.1, -0.05) is 0 Å². The van der Waals surface area contributed by atoms with E-state index in [1.165, 1.54) is 26.6 Å². The van der Waals surface area contributed by atoms with Crippen LogP contribution in [0, 0.1) is 0 Å². The molecule has 2 aromatic heterocycles. The molecule has 0 amide bonds. The van der Waals surface area contributed by atoms with Crippen molar-refractivity contribution < 1.29 is 33.2 Å². The Kier molecular flexibility index (Phi) is 5.04. The van der Waals surface area contributed by atoms with Crippen LogP contribution in [0.25, 0.3) is 11.1 Å². The first kappa shape index (κ1) is 18.2. The molecule has 136 valence electrons. The van der Waals surface area contributed by atoms with Crippen LogP contribution >= 0.6 is 8.03 Å². The van der Waals surface area contributed by atoms with Gasteiger partial charge in [0.25, 0.3) is 5.88 Å². The molecular formula is C15H20N2O7P+. The standard InChI is InChI=1S/C15H20N2O7P/c1-4-25(20)23-6-9-12(18)15(2,19)13(24-9)8-5-22-11-10(8)16-7-17-14(11)21-3/h5,7,9,12-13,18-19H,4,6H2,1-3H3/q+1. The van der Waals surface area contributed by atoms with Gasteiger partial charge in [0.1, 0.15) is 42.4 Å². The van der Waals surface area contributed by atoms with E-state index in [-0.39, 0.29) is 12.5 Å². The zero-order valence-corrected chi connectivity index (χ0v) is 15.0. The molecule has 0 bridgehead atoms. The average Bonchev–Trinajstić information content (AvgIpc) is 3.12. The minimum Gasteiger partial charge on any atom is -0.478 e. The molecule has 1 aliphatic rings. The first-order valence-corrected chi connectivity index (χ1v) is 9.16. The topological polar surface area (TPSA) is 124 Å². The summed E-state index contributed by atoms with van der Waals surface area (Å²) in [5.74, 6) is 0.259. The second-order valence-corrected chi connectivity index (χ2v) is 7.48. The van der Waals surface area contributed by atoms with Crippen molar-refractivity contribution in [1.29, 1.82) is 0 Å². The Hall–Kier alpha value is -1.64. The van der Waals surface area contributed by atoms with E-state index >= 15 is 0 Å². The number of nitrogens with zero attached hydrogens (tertiary/aromatic N) is 2. The summed E-state index contributed by atoms with van der Waals surface area (Å²) in [5.41, 5.74) is -0.406. The van der Waals surface area contributed by atoms with Crippen LogP contribution in [0.3, 0.4) is 0 Å². The molecule has 2 N–H and O–H groups in total. The van der Waals surface area contributed by atoms with Crippen molar-refractivity contribution in [3.8, 4) is 5.88 Å². The van der Waals surface area contributed by atoms with E-state index in [1.54, 1.807) is 6.92 Å². The summed E-state index contributed by atoms with van der Waals surface area (Å²) in [6.45, 7) is 3.10. The fourth-order valence-electron chi connectivity index (χ4n) is 2.86. The van der Waals surface area contributed by atoms with E-state index in [2.05, 4.69) is 9.97 Å². The maximum atomic E-state index is 11.5. The number of methoxy groups -OCH3 is 1. The van der Waals surface area contributed by atoms with Crippen LogP contribution < -0.4 is 4.74 Å². The third-order valence-corrected chi connectivity index (χ3v) is 5.21. The van der Waals surface area contributed by atoms with Gasteiger partial charge in [-0.2, -0.15) is 4.98 Å². The lowest BCUT2D eigenvalue weighted by molar-refractivity contribution is -0.0643. The summed E-state index contributed by atoms with van der Waals surface area (Å²) in [4.78, 5) is 8.12. The number of furan rings is 1. The van der Waals surface area contributed by atoms with Crippen molar-refractivity contribution in [2.45, 2.75) is 37.8 Å². The molecule has 5 atom stereocenters. The number of aliphatic hydroxyl groups is 2. The number of hydrogen-bond donors (Lipinski definition) is 2. The van der Waals surface area contributed by atoms with Crippen molar-refractivity contribution in [3.05, 3.63) is 18.2 Å². The fraction of sp³-hybridized carbons (Fsp3) is 0.600. The highest BCUT2D eigenvalue weighted by Gasteiger charge is 2.54. The Labute approximate surface area is 144 Å². The predicted octanol–water partition coefficient (Wildman–Crippen LogP) is 1.56. The molecule has 25 heavy (non-hydrogen) atoms. The van der Waals surface area contributed by atoms with Gasteiger partial charge in [-0.05, 0) is 18.4 Å². The number of aromatic nitrogens is 2. The molecule has 0 aliphatic carbocycles. The van der Waals surface area contributed by atoms with Crippen LogP contribution in [-0.2, 0) is 13.8 Å². The van der Waals surface area contributed by atoms with Crippen LogP contribution in [0.2, 0.25) is 0 Å². The third kappa shape index (κ3) is 3.14. The van der Waals surface area contributed by atoms with Gasteiger partial charge in [0.05, 0.1) is 13.4 Å². The maximum Gasteiger partial charge on any atom is 0.507 e. The molecular weight excluding hydrogens is 351 g/mol. The molecule has 0 saturated carbocycles. The molecule has 10 heteroatoms. The monoisotopic (exact) mass is 371 g/mol. The first-order chi connectivity index (χ1) is 11.9. The lowest BCUT2D eigenvalue weighted by Crippen LogP contribution is -2.43. The number of hydrogen-bond acceptors (Lipinski definition) is 9. The smallest absolute Gasteiger partial charge is 0.478 e. The number of aliphatic hydroxyl groups excluding tert-OH is 1. The van der Waals surface area contributed by atoms with E-state index in [0.29, 0.717) is 22.8 Å². The Bertz CT molecular complexity index is 778. The summed E-state index contributed by atoms with van der Waals surface area (Å²) in [6.07, 6.45) is 0.0965. The van der Waals surface area contributed by atoms with Gasteiger partial charge in [0, 0.05) is 5.56 Å². The molecule has 9 nitrogen and oxygen atoms in total. The molecule has 1 fully saturated rings. The van der Waals surface area contributed by atoms with Crippen molar-refractivity contribution in [2.24, 2.45) is 0 Å². The minimum atomic E-state index is -1.82. The highest BCUT2D eigenvalue weighted by atomic mass is 31.1. The summed E-state index contributed by atoms with van der Waals surface area (Å²) in [5, 5.41) is 21.2. The van der Waals surface area contributed by atoms with Crippen molar-refractivity contribution in [1.82, 2.24) is 9.97 Å². The van der Waals surface area contributed by atoms with Gasteiger partial charge in [-0.3, -0.25) is 0 Å². The van der Waals surface area contributed by atoms with Gasteiger partial charge in [-0.15, -0.1) is 4.52 Å². The van der Waals surface area contributed by atoms with E-state index in [4.69, 9.17) is 18.4 Å². The molecule has 0 spiro atoms. The molecule has 3 heterocycles. The summed E-state index contributed by atoms with van der Waals surface area (Å²) in [7, 11) is -0.360. The average molecular weight is 371 g/mol. The van der Waals surface area contributed by atoms with Crippen LogP contribution in [0.5, 0.6) is 5.88 Å². The second kappa shape index (κ2) is 6.93. The lowest BCUT2D eigenvalue weighted by atomic mass is 9.89. The van der Waals surface area contributed by atoms with Crippen LogP contribution in [0.15, 0.2) is 17.0 Å². The number of fused-ring (bicyclic) bond motifs is 1. The van der Waals surface area contributed by atoms with Crippen LogP contribution in [0.4, 0.5) is 0 Å². The van der Waals surface area contributed by atoms with E-state index < -0.39 is 31.9 Å². The quantitative estimate of drug-likeness (QED) is 0.728. The Balaban J connectivity index is 1.90.